The highest BCUT2D eigenvalue weighted by Crippen LogP contribution is 2.36. The summed E-state index contributed by atoms with van der Waals surface area (Å²) in [4.78, 5) is 168. The van der Waals surface area contributed by atoms with Gasteiger partial charge in [-0.15, -0.1) is 0 Å². The number of rotatable bonds is 11. The van der Waals surface area contributed by atoms with Crippen LogP contribution in [-0.2, 0) is 71.8 Å². The molecular formula is C65H95ClF3N11O11. The zero-order valence-corrected chi connectivity index (χ0v) is 55.8. The Bertz CT molecular complexity index is 2950. The zero-order valence-electron chi connectivity index (χ0n) is 55.0. The average molecular weight is 1300 g/mol. The van der Waals surface area contributed by atoms with Crippen molar-refractivity contribution in [1.82, 2.24) is 55.6 Å². The highest BCUT2D eigenvalue weighted by Gasteiger charge is 2.49. The van der Waals surface area contributed by atoms with Gasteiger partial charge in [-0.25, -0.2) is 0 Å². The smallest absolute Gasteiger partial charge is 0.351 e. The van der Waals surface area contributed by atoms with Crippen LogP contribution < -0.4 is 21.3 Å². The van der Waals surface area contributed by atoms with Gasteiger partial charge in [-0.05, 0) is 106 Å². The van der Waals surface area contributed by atoms with E-state index in [1.165, 1.54) is 68.0 Å². The average Bonchev–Trinajstić information content (AvgIpc) is 2.07. The van der Waals surface area contributed by atoms with Crippen LogP contribution in [0.2, 0.25) is 5.02 Å². The molecule has 26 heteroatoms. The van der Waals surface area contributed by atoms with Gasteiger partial charge in [-0.1, -0.05) is 109 Å². The predicted octanol–water partition coefficient (Wildman–Crippen LogP) is 4.83. The highest BCUT2D eigenvalue weighted by molar-refractivity contribution is 6.31. The maximum atomic E-state index is 15.0. The summed E-state index contributed by atoms with van der Waals surface area (Å²) in [6.07, 6.45) is -2.33. The van der Waals surface area contributed by atoms with Crippen molar-refractivity contribution >= 4 is 76.6 Å². The van der Waals surface area contributed by atoms with Crippen LogP contribution in [0.3, 0.4) is 0 Å². The fraction of sp³-hybridized carbons (Fsp3) is 0.646. The Morgan fingerprint density at radius 3 is 1.84 bits per heavy atom. The molecular weight excluding hydrogens is 1200 g/mol. The van der Waals surface area contributed by atoms with Crippen LogP contribution in [0.5, 0.6) is 0 Å². The topological polar surface area (TPSA) is 259 Å². The third kappa shape index (κ3) is 19.6. The molecule has 91 heavy (non-hydrogen) atoms. The fourth-order valence-corrected chi connectivity index (χ4v) is 12.6. The van der Waals surface area contributed by atoms with Crippen LogP contribution in [0, 0.1) is 17.8 Å². The van der Waals surface area contributed by atoms with E-state index in [1.807, 2.05) is 51.1 Å². The number of aryl methyl sites for hydroxylation is 2. The maximum Gasteiger partial charge on any atom is 0.417 e. The van der Waals surface area contributed by atoms with Gasteiger partial charge >= 0.3 is 6.18 Å². The van der Waals surface area contributed by atoms with E-state index in [2.05, 4.69) is 21.3 Å². The summed E-state index contributed by atoms with van der Waals surface area (Å²) >= 11 is 6.10. The lowest BCUT2D eigenvalue weighted by Gasteiger charge is -2.39. The van der Waals surface area contributed by atoms with Crippen molar-refractivity contribution in [2.75, 3.05) is 68.5 Å². The first-order valence-corrected chi connectivity index (χ1v) is 31.9. The van der Waals surface area contributed by atoms with E-state index in [-0.39, 0.29) is 63.8 Å². The monoisotopic (exact) mass is 1300 g/mol. The molecule has 2 heterocycles. The summed E-state index contributed by atoms with van der Waals surface area (Å²) in [5, 5.41) is 10.9. The lowest BCUT2D eigenvalue weighted by atomic mass is 9.92. The van der Waals surface area contributed by atoms with E-state index in [0.717, 1.165) is 32.4 Å². The molecule has 8 atom stereocenters. The van der Waals surface area contributed by atoms with E-state index in [1.54, 1.807) is 27.7 Å². The third-order valence-electron chi connectivity index (χ3n) is 17.9. The molecule has 0 radical (unpaired) electrons. The van der Waals surface area contributed by atoms with Gasteiger partial charge in [0.25, 0.3) is 0 Å². The third-order valence-corrected chi connectivity index (χ3v) is 18.2. The first kappa shape index (κ1) is 74.4. The number of hydrogen-bond donors (Lipinski definition) is 4. The van der Waals surface area contributed by atoms with Crippen molar-refractivity contribution < 1.29 is 65.9 Å². The van der Waals surface area contributed by atoms with Gasteiger partial charge in [0.15, 0.2) is 0 Å². The van der Waals surface area contributed by atoms with E-state index >= 15 is 0 Å². The number of alkyl halides is 3. The minimum atomic E-state index is -4.75. The maximum absolute atomic E-state index is 15.0. The number of fused-ring (bicyclic) bond motifs is 1. The Labute approximate surface area is 538 Å². The standard InChI is InChI=1S/C65H95ClF3N11O11/c1-14-41(6)55-62(90)76(10)37-53(83)74(8)38-54(84)77(11)49(29-26-43-21-16-15-17-22-43)61(89)75(9)36-51(81)71-47(28-25-44-24-27-45(46(66)35-44)65(67,68)69)60(88)80-32-20-23-48(80)58(86)73-64(30-18-19-31-64)63(91)79(13)56(40(4)5)59(87)70-42(7)34-52(82)78(12)50(33-39(2)3)57(85)72-55/h15-17,21-22,24,27,35,39-42,47-50,55-56H,14,18-20,23,25-26,28-34,36-38H2,1-13H3,(H,70,87)(H,71,81)(H,72,85)(H,73,86)/t41-,42+,47-,48-,49-,50-,55-,56-/m0/s1. The van der Waals surface area contributed by atoms with Crippen molar-refractivity contribution in [2.24, 2.45) is 17.8 Å². The van der Waals surface area contributed by atoms with Crippen LogP contribution in [0.25, 0.3) is 0 Å². The second kappa shape index (κ2) is 32.8. The van der Waals surface area contributed by atoms with Gasteiger partial charge in [-0.2, -0.15) is 13.2 Å². The minimum Gasteiger partial charge on any atom is -0.351 e. The number of halogens is 4. The van der Waals surface area contributed by atoms with Gasteiger partial charge in [-0.3, -0.25) is 52.7 Å². The molecule has 0 bridgehead atoms. The Hall–Kier alpha value is -7.31. The summed E-state index contributed by atoms with van der Waals surface area (Å²) in [5.74, 6) is -8.13. The number of amides is 11. The normalized spacial score (nSPS) is 24.9. The first-order chi connectivity index (χ1) is 42.6. The van der Waals surface area contributed by atoms with Crippen molar-refractivity contribution in [2.45, 2.75) is 186 Å². The number of carbonyl (C=O) groups excluding carboxylic acids is 11. The van der Waals surface area contributed by atoms with Crippen LogP contribution in [0.4, 0.5) is 13.2 Å². The zero-order chi connectivity index (χ0) is 68.0. The van der Waals surface area contributed by atoms with Crippen LogP contribution in [0.15, 0.2) is 48.5 Å². The molecule has 11 amide bonds. The Kier molecular flexibility index (Phi) is 26.8. The number of nitrogens with one attached hydrogen (secondary N) is 4. The molecule has 0 unspecified atom stereocenters. The summed E-state index contributed by atoms with van der Waals surface area (Å²) in [6.45, 7) is 10.8. The van der Waals surface area contributed by atoms with Gasteiger partial charge < -0.3 is 55.6 Å². The number of likely N-dealkylation sites (N-methyl/N-ethyl adjacent to an activating group) is 6. The molecule has 1 aliphatic carbocycles. The van der Waals surface area contributed by atoms with Crippen LogP contribution in [0.1, 0.15) is 136 Å². The number of carbonyl (C=O) groups is 11. The van der Waals surface area contributed by atoms with Crippen LogP contribution >= 0.6 is 11.6 Å². The molecule has 504 valence electrons. The molecule has 1 spiro atoms. The molecule has 2 saturated heterocycles. The second-order valence-corrected chi connectivity index (χ2v) is 26.3. The number of benzene rings is 2. The lowest BCUT2D eigenvalue weighted by molar-refractivity contribution is -0.149. The van der Waals surface area contributed by atoms with Gasteiger partial charge in [0.2, 0.25) is 65.0 Å². The van der Waals surface area contributed by atoms with Crippen molar-refractivity contribution in [1.29, 1.82) is 0 Å². The van der Waals surface area contributed by atoms with Gasteiger partial charge in [0.05, 0.1) is 30.2 Å². The van der Waals surface area contributed by atoms with Gasteiger partial charge in [0.1, 0.15) is 41.8 Å². The van der Waals surface area contributed by atoms with E-state index in [0.29, 0.717) is 37.7 Å². The molecule has 5 rings (SSSR count). The Morgan fingerprint density at radius 1 is 0.637 bits per heavy atom. The van der Waals surface area contributed by atoms with E-state index in [9.17, 15) is 65.9 Å². The largest absolute Gasteiger partial charge is 0.417 e. The molecule has 3 fully saturated rings. The fourth-order valence-electron chi connectivity index (χ4n) is 12.3. The highest BCUT2D eigenvalue weighted by atomic mass is 35.5. The van der Waals surface area contributed by atoms with Crippen molar-refractivity contribution in [3.63, 3.8) is 0 Å². The molecule has 1 saturated carbocycles. The van der Waals surface area contributed by atoms with E-state index in [4.69, 9.17) is 11.6 Å². The number of hydrogen-bond acceptors (Lipinski definition) is 11. The van der Waals surface area contributed by atoms with Crippen molar-refractivity contribution in [3.05, 3.63) is 70.2 Å². The summed E-state index contributed by atoms with van der Waals surface area (Å²) in [7, 11) is 8.40. The molecule has 22 nitrogen and oxygen atoms in total. The number of nitrogens with zero attached hydrogens (tertiary/aromatic N) is 7. The molecule has 2 aliphatic heterocycles. The summed E-state index contributed by atoms with van der Waals surface area (Å²) < 4.78 is 41.3. The van der Waals surface area contributed by atoms with Crippen molar-refractivity contribution in [3.8, 4) is 0 Å². The molecule has 0 aromatic heterocycles. The SMILES string of the molecule is CC[C@H](C)[C@@H]1NC(=O)[C@H](CC(C)C)N(C)C(=O)C[C@@H](C)NC(=O)[C@H](C(C)C)N(C)C(=O)C2(CCCC2)NC(=O)[C@@H]2CCCN2C(=O)[C@H](CCc2ccc(C(F)(F)F)c(Cl)c2)NC(=O)CN(C)C(=O)[C@H](CCc2ccccc2)N(C)C(=O)CN(C)C(=O)CN(C)C1=O. The molecule has 2 aromatic rings. The predicted molar refractivity (Wildman–Crippen MR) is 336 cm³/mol. The summed E-state index contributed by atoms with van der Waals surface area (Å²) in [5.41, 5.74) is -1.45. The van der Waals surface area contributed by atoms with Crippen LogP contribution in [-0.4, -0.2) is 216 Å². The van der Waals surface area contributed by atoms with E-state index < -0.39 is 161 Å². The second-order valence-electron chi connectivity index (χ2n) is 25.9. The quantitative estimate of drug-likeness (QED) is 0.237. The Balaban J connectivity index is 1.55. The minimum absolute atomic E-state index is 0.0457. The first-order valence-electron chi connectivity index (χ1n) is 31.6. The summed E-state index contributed by atoms with van der Waals surface area (Å²) in [6, 6.07) is 4.32. The molecule has 2 aromatic carbocycles. The molecule has 4 N–H and O–H groups in total. The lowest BCUT2D eigenvalue weighted by Crippen LogP contribution is -2.64. The van der Waals surface area contributed by atoms with Gasteiger partial charge in [0, 0.05) is 61.3 Å². The molecule has 3 aliphatic rings. The Morgan fingerprint density at radius 2 is 1.24 bits per heavy atom.